The van der Waals surface area contributed by atoms with Crippen LogP contribution in [0.5, 0.6) is 0 Å². The zero-order chi connectivity index (χ0) is 13.0. The monoisotopic (exact) mass is 248 g/mol. The number of nitrogens with zero attached hydrogens (tertiary/aromatic N) is 1. The molecule has 3 heteroatoms. The number of ether oxygens (including phenoxy) is 1. The van der Waals surface area contributed by atoms with Gasteiger partial charge in [-0.25, -0.2) is 0 Å². The molecule has 1 aliphatic carbocycles. The van der Waals surface area contributed by atoms with E-state index in [-0.39, 0.29) is 0 Å². The van der Waals surface area contributed by atoms with E-state index in [0.717, 1.165) is 25.7 Å². The largest absolute Gasteiger partial charge is 0.383 e. The van der Waals surface area contributed by atoms with Crippen molar-refractivity contribution in [3.05, 3.63) is 29.3 Å². The predicted octanol–water partition coefficient (Wildman–Crippen LogP) is 2.33. The van der Waals surface area contributed by atoms with Gasteiger partial charge in [-0.3, -0.25) is 0 Å². The van der Waals surface area contributed by atoms with Crippen LogP contribution in [0.4, 0.5) is 5.69 Å². The Hall–Kier alpha value is -1.06. The Morgan fingerprint density at radius 2 is 2.17 bits per heavy atom. The highest BCUT2D eigenvalue weighted by Crippen LogP contribution is 2.22. The van der Waals surface area contributed by atoms with Gasteiger partial charge in [0.05, 0.1) is 6.61 Å². The normalized spacial score (nSPS) is 14.8. The fourth-order valence-corrected chi connectivity index (χ4v) is 2.01. The molecule has 1 aromatic rings. The van der Waals surface area contributed by atoms with Crippen LogP contribution < -0.4 is 10.2 Å². The molecule has 100 valence electrons. The summed E-state index contributed by atoms with van der Waals surface area (Å²) in [4.78, 5) is 2.23. The number of hydrogen-bond donors (Lipinski definition) is 1. The van der Waals surface area contributed by atoms with E-state index in [4.69, 9.17) is 4.74 Å². The SMILES string of the molecule is COCCN(C)c1ccc(CNC2CC2)c(C)c1. The maximum atomic E-state index is 5.11. The second kappa shape index (κ2) is 6.21. The molecule has 0 spiro atoms. The first kappa shape index (κ1) is 13.4. The van der Waals surface area contributed by atoms with E-state index >= 15 is 0 Å². The first-order valence-corrected chi connectivity index (χ1v) is 6.73. The molecule has 0 aliphatic heterocycles. The second-order valence-electron chi connectivity index (χ2n) is 5.18. The summed E-state index contributed by atoms with van der Waals surface area (Å²) in [5.74, 6) is 0. The van der Waals surface area contributed by atoms with E-state index in [1.807, 2.05) is 0 Å². The quantitative estimate of drug-likeness (QED) is 0.801. The minimum absolute atomic E-state index is 0.764. The van der Waals surface area contributed by atoms with Gasteiger partial charge in [0.1, 0.15) is 0 Å². The van der Waals surface area contributed by atoms with Crippen LogP contribution in [0.15, 0.2) is 18.2 Å². The summed E-state index contributed by atoms with van der Waals surface area (Å²) in [5.41, 5.74) is 4.04. The molecule has 0 aromatic heterocycles. The number of benzene rings is 1. The number of hydrogen-bond acceptors (Lipinski definition) is 3. The van der Waals surface area contributed by atoms with Gasteiger partial charge in [0, 0.05) is 39.0 Å². The maximum absolute atomic E-state index is 5.11. The molecule has 1 saturated carbocycles. The zero-order valence-corrected chi connectivity index (χ0v) is 11.7. The summed E-state index contributed by atoms with van der Waals surface area (Å²) in [6.07, 6.45) is 2.69. The van der Waals surface area contributed by atoms with Crippen LogP contribution in [-0.2, 0) is 11.3 Å². The molecule has 0 bridgehead atoms. The molecular weight excluding hydrogens is 224 g/mol. The van der Waals surface area contributed by atoms with Crippen LogP contribution >= 0.6 is 0 Å². The topological polar surface area (TPSA) is 24.5 Å². The highest BCUT2D eigenvalue weighted by Gasteiger charge is 2.20. The molecule has 1 aromatic carbocycles. The maximum Gasteiger partial charge on any atom is 0.0637 e. The van der Waals surface area contributed by atoms with Gasteiger partial charge >= 0.3 is 0 Å². The van der Waals surface area contributed by atoms with E-state index in [2.05, 4.69) is 42.4 Å². The van der Waals surface area contributed by atoms with Crippen LogP contribution in [-0.4, -0.2) is 33.4 Å². The van der Waals surface area contributed by atoms with Gasteiger partial charge in [-0.2, -0.15) is 0 Å². The minimum Gasteiger partial charge on any atom is -0.383 e. The lowest BCUT2D eigenvalue weighted by molar-refractivity contribution is 0.206. The lowest BCUT2D eigenvalue weighted by Gasteiger charge is -2.20. The van der Waals surface area contributed by atoms with Crippen LogP contribution in [0.3, 0.4) is 0 Å². The molecule has 0 heterocycles. The van der Waals surface area contributed by atoms with Gasteiger partial charge < -0.3 is 15.0 Å². The molecule has 1 N–H and O–H groups in total. The van der Waals surface area contributed by atoms with Crippen molar-refractivity contribution in [2.24, 2.45) is 0 Å². The Kier molecular flexibility index (Phi) is 4.61. The van der Waals surface area contributed by atoms with E-state index in [9.17, 15) is 0 Å². The molecule has 1 aliphatic rings. The summed E-state index contributed by atoms with van der Waals surface area (Å²) in [6.45, 7) is 4.88. The molecule has 0 saturated heterocycles. The summed E-state index contributed by atoms with van der Waals surface area (Å²) in [5, 5.41) is 3.56. The van der Waals surface area contributed by atoms with Crippen molar-refractivity contribution in [3.63, 3.8) is 0 Å². The minimum atomic E-state index is 0.764. The van der Waals surface area contributed by atoms with E-state index in [1.165, 1.54) is 29.7 Å². The van der Waals surface area contributed by atoms with Crippen molar-refractivity contribution in [1.82, 2.24) is 5.32 Å². The molecule has 2 rings (SSSR count). The lowest BCUT2D eigenvalue weighted by atomic mass is 10.1. The molecule has 0 amide bonds. The van der Waals surface area contributed by atoms with Gasteiger partial charge in [-0.15, -0.1) is 0 Å². The van der Waals surface area contributed by atoms with Gasteiger partial charge in [0.25, 0.3) is 0 Å². The van der Waals surface area contributed by atoms with Crippen LogP contribution in [0.1, 0.15) is 24.0 Å². The molecule has 0 atom stereocenters. The number of methoxy groups -OCH3 is 1. The van der Waals surface area contributed by atoms with Crippen molar-refractivity contribution in [1.29, 1.82) is 0 Å². The van der Waals surface area contributed by atoms with Gasteiger partial charge in [0.2, 0.25) is 0 Å². The molecule has 3 nitrogen and oxygen atoms in total. The number of likely N-dealkylation sites (N-methyl/N-ethyl adjacent to an activating group) is 1. The third-order valence-electron chi connectivity index (χ3n) is 3.56. The van der Waals surface area contributed by atoms with Crippen LogP contribution in [0.25, 0.3) is 0 Å². The molecule has 1 fully saturated rings. The van der Waals surface area contributed by atoms with Gasteiger partial charge in [-0.05, 0) is 43.0 Å². The third kappa shape index (κ3) is 3.72. The average Bonchev–Trinajstić information content (AvgIpc) is 3.18. The fraction of sp³-hybridized carbons (Fsp3) is 0.600. The molecule has 0 radical (unpaired) electrons. The van der Waals surface area contributed by atoms with Gasteiger partial charge in [0.15, 0.2) is 0 Å². The summed E-state index contributed by atoms with van der Waals surface area (Å²) in [6, 6.07) is 7.48. The molecular formula is C15H24N2O. The Bertz CT molecular complexity index is 388. The van der Waals surface area contributed by atoms with Crippen LogP contribution in [0, 0.1) is 6.92 Å². The van der Waals surface area contributed by atoms with Crippen molar-refractivity contribution in [3.8, 4) is 0 Å². The predicted molar refractivity (Wildman–Crippen MR) is 76.2 cm³/mol. The Morgan fingerprint density at radius 1 is 1.39 bits per heavy atom. The highest BCUT2D eigenvalue weighted by atomic mass is 16.5. The third-order valence-corrected chi connectivity index (χ3v) is 3.56. The van der Waals surface area contributed by atoms with E-state index < -0.39 is 0 Å². The number of anilines is 1. The molecule has 18 heavy (non-hydrogen) atoms. The Balaban J connectivity index is 1.94. The summed E-state index contributed by atoms with van der Waals surface area (Å²) < 4.78 is 5.11. The Morgan fingerprint density at radius 3 is 2.78 bits per heavy atom. The zero-order valence-electron chi connectivity index (χ0n) is 11.7. The second-order valence-corrected chi connectivity index (χ2v) is 5.18. The highest BCUT2D eigenvalue weighted by molar-refractivity contribution is 5.50. The van der Waals surface area contributed by atoms with Crippen molar-refractivity contribution in [2.75, 3.05) is 32.2 Å². The summed E-state index contributed by atoms with van der Waals surface area (Å²) >= 11 is 0. The summed E-state index contributed by atoms with van der Waals surface area (Å²) in [7, 11) is 3.85. The van der Waals surface area contributed by atoms with E-state index in [0.29, 0.717) is 0 Å². The Labute approximate surface area is 110 Å². The van der Waals surface area contributed by atoms with Crippen molar-refractivity contribution >= 4 is 5.69 Å². The molecule has 0 unspecified atom stereocenters. The van der Waals surface area contributed by atoms with Crippen LogP contribution in [0.2, 0.25) is 0 Å². The number of nitrogens with one attached hydrogen (secondary N) is 1. The lowest BCUT2D eigenvalue weighted by Crippen LogP contribution is -2.22. The smallest absolute Gasteiger partial charge is 0.0637 e. The average molecular weight is 248 g/mol. The fourth-order valence-electron chi connectivity index (χ4n) is 2.01. The first-order chi connectivity index (χ1) is 8.70. The first-order valence-electron chi connectivity index (χ1n) is 6.73. The number of aryl methyl sites for hydroxylation is 1. The number of rotatable bonds is 7. The van der Waals surface area contributed by atoms with Crippen molar-refractivity contribution < 1.29 is 4.74 Å². The standard InChI is InChI=1S/C15H24N2O/c1-12-10-15(17(2)8-9-18-3)7-4-13(12)11-16-14-5-6-14/h4,7,10,14,16H,5-6,8-9,11H2,1-3H3. The van der Waals surface area contributed by atoms with Crippen molar-refractivity contribution in [2.45, 2.75) is 32.4 Å². The van der Waals surface area contributed by atoms with E-state index in [1.54, 1.807) is 7.11 Å². The van der Waals surface area contributed by atoms with Gasteiger partial charge in [-0.1, -0.05) is 6.07 Å².